The van der Waals surface area contributed by atoms with Crippen molar-refractivity contribution in [1.29, 1.82) is 0 Å². The Morgan fingerprint density at radius 2 is 2.33 bits per heavy atom. The summed E-state index contributed by atoms with van der Waals surface area (Å²) in [5.74, 6) is 0. The molecule has 1 rings (SSSR count). The van der Waals surface area contributed by atoms with Gasteiger partial charge in [0, 0.05) is 6.42 Å². The van der Waals surface area contributed by atoms with Crippen molar-refractivity contribution < 1.29 is 9.90 Å². The molecule has 2 nitrogen and oxygen atoms in total. The van der Waals surface area contributed by atoms with Crippen LogP contribution >= 0.6 is 0 Å². The number of aliphatic hydroxyl groups is 1. The predicted octanol–water partition coefficient (Wildman–Crippen LogP) is 1.62. The van der Waals surface area contributed by atoms with Crippen molar-refractivity contribution in [3.8, 4) is 0 Å². The number of benzene rings is 1. The van der Waals surface area contributed by atoms with E-state index in [1.165, 1.54) is 0 Å². The van der Waals surface area contributed by atoms with E-state index >= 15 is 0 Å². The first kappa shape index (κ1) is 8.94. The topological polar surface area (TPSA) is 37.3 Å². The predicted molar refractivity (Wildman–Crippen MR) is 46.8 cm³/mol. The monoisotopic (exact) mass is 164 g/mol. The van der Waals surface area contributed by atoms with Crippen LogP contribution in [-0.2, 0) is 4.79 Å². The van der Waals surface area contributed by atoms with Gasteiger partial charge >= 0.3 is 0 Å². The summed E-state index contributed by atoms with van der Waals surface area (Å²) in [6.07, 6.45) is 0.249. The van der Waals surface area contributed by atoms with Crippen molar-refractivity contribution in [2.45, 2.75) is 19.4 Å². The Labute approximate surface area is 71.8 Å². The summed E-state index contributed by atoms with van der Waals surface area (Å²) >= 11 is 0. The average molecular weight is 164 g/mol. The zero-order chi connectivity index (χ0) is 8.97. The van der Waals surface area contributed by atoms with Gasteiger partial charge in [0.05, 0.1) is 6.10 Å². The Balaban J connectivity index is 2.80. The van der Waals surface area contributed by atoms with Crippen LogP contribution in [0.5, 0.6) is 0 Å². The molecule has 12 heavy (non-hydrogen) atoms. The van der Waals surface area contributed by atoms with E-state index in [-0.39, 0.29) is 6.42 Å². The molecule has 0 aliphatic carbocycles. The van der Waals surface area contributed by atoms with Crippen LogP contribution in [0.25, 0.3) is 0 Å². The summed E-state index contributed by atoms with van der Waals surface area (Å²) in [4.78, 5) is 10.1. The zero-order valence-electron chi connectivity index (χ0n) is 7.03. The maximum atomic E-state index is 10.1. The molecule has 0 saturated carbocycles. The number of rotatable bonds is 3. The summed E-state index contributed by atoms with van der Waals surface area (Å²) in [5, 5.41) is 9.41. The number of carbonyl (C=O) groups excluding carboxylic acids is 1. The van der Waals surface area contributed by atoms with Crippen LogP contribution in [0.2, 0.25) is 0 Å². The van der Waals surface area contributed by atoms with Gasteiger partial charge in [0.1, 0.15) is 6.29 Å². The summed E-state index contributed by atoms with van der Waals surface area (Å²) in [6.45, 7) is 1.96. The van der Waals surface area contributed by atoms with Crippen LogP contribution in [0.1, 0.15) is 23.7 Å². The third-order valence-electron chi connectivity index (χ3n) is 1.75. The molecular formula is C10H12O2. The molecular weight excluding hydrogens is 152 g/mol. The van der Waals surface area contributed by atoms with E-state index in [0.717, 1.165) is 17.4 Å². The van der Waals surface area contributed by atoms with Gasteiger partial charge in [0.25, 0.3) is 0 Å². The number of aldehydes is 1. The molecule has 1 atom stereocenters. The maximum Gasteiger partial charge on any atom is 0.122 e. The van der Waals surface area contributed by atoms with E-state index < -0.39 is 6.10 Å². The number of aryl methyl sites for hydroxylation is 1. The van der Waals surface area contributed by atoms with Crippen molar-refractivity contribution in [1.82, 2.24) is 0 Å². The molecule has 1 N–H and O–H groups in total. The summed E-state index contributed by atoms with van der Waals surface area (Å²) in [6, 6.07) is 7.53. The minimum atomic E-state index is -0.651. The molecule has 0 saturated heterocycles. The third kappa shape index (κ3) is 2.17. The Morgan fingerprint density at radius 3 is 2.92 bits per heavy atom. The smallest absolute Gasteiger partial charge is 0.122 e. The molecule has 0 heterocycles. The third-order valence-corrected chi connectivity index (χ3v) is 1.75. The van der Waals surface area contributed by atoms with Gasteiger partial charge in [-0.15, -0.1) is 0 Å². The van der Waals surface area contributed by atoms with E-state index in [1.54, 1.807) is 0 Å². The fourth-order valence-corrected chi connectivity index (χ4v) is 1.10. The molecule has 0 bridgehead atoms. The van der Waals surface area contributed by atoms with Gasteiger partial charge in [0.15, 0.2) is 0 Å². The standard InChI is InChI=1S/C10H12O2/c1-8-3-2-4-9(7-8)10(12)5-6-11/h2-4,6-7,10,12H,5H2,1H3. The molecule has 0 fully saturated rings. The Hall–Kier alpha value is -1.15. The molecule has 0 aliphatic heterocycles. The molecule has 0 amide bonds. The lowest BCUT2D eigenvalue weighted by molar-refractivity contribution is -0.109. The van der Waals surface area contributed by atoms with Crippen LogP contribution in [0.3, 0.4) is 0 Å². The Morgan fingerprint density at radius 1 is 1.58 bits per heavy atom. The van der Waals surface area contributed by atoms with Crippen LogP contribution in [0, 0.1) is 6.92 Å². The van der Waals surface area contributed by atoms with E-state index in [4.69, 9.17) is 0 Å². The van der Waals surface area contributed by atoms with Gasteiger partial charge in [-0.05, 0) is 12.5 Å². The van der Waals surface area contributed by atoms with Crippen LogP contribution < -0.4 is 0 Å². The molecule has 1 unspecified atom stereocenters. The van der Waals surface area contributed by atoms with Crippen molar-refractivity contribution >= 4 is 6.29 Å². The zero-order valence-corrected chi connectivity index (χ0v) is 7.03. The molecule has 2 heteroatoms. The van der Waals surface area contributed by atoms with Crippen molar-refractivity contribution in [2.75, 3.05) is 0 Å². The SMILES string of the molecule is Cc1cccc(C(O)CC=O)c1. The molecule has 0 spiro atoms. The highest BCUT2D eigenvalue weighted by Crippen LogP contribution is 2.15. The quantitative estimate of drug-likeness (QED) is 0.689. The molecule has 0 aromatic heterocycles. The maximum absolute atomic E-state index is 10.1. The van der Waals surface area contributed by atoms with Gasteiger partial charge in [0.2, 0.25) is 0 Å². The number of hydrogen-bond donors (Lipinski definition) is 1. The summed E-state index contributed by atoms with van der Waals surface area (Å²) < 4.78 is 0. The van der Waals surface area contributed by atoms with Gasteiger partial charge in [-0.25, -0.2) is 0 Å². The highest BCUT2D eigenvalue weighted by atomic mass is 16.3. The molecule has 64 valence electrons. The first-order valence-corrected chi connectivity index (χ1v) is 3.92. The average Bonchev–Trinajstić information content (AvgIpc) is 2.05. The lowest BCUT2D eigenvalue weighted by Gasteiger charge is -2.07. The lowest BCUT2D eigenvalue weighted by atomic mass is 10.1. The molecule has 1 aromatic carbocycles. The minimum absolute atomic E-state index is 0.170. The second-order valence-electron chi connectivity index (χ2n) is 2.83. The summed E-state index contributed by atoms with van der Waals surface area (Å²) in [5.41, 5.74) is 1.90. The molecule has 0 aliphatic rings. The van der Waals surface area contributed by atoms with Crippen molar-refractivity contribution in [3.05, 3.63) is 35.4 Å². The fourth-order valence-electron chi connectivity index (χ4n) is 1.10. The lowest BCUT2D eigenvalue weighted by Crippen LogP contribution is -1.97. The van der Waals surface area contributed by atoms with Crippen LogP contribution in [0.15, 0.2) is 24.3 Å². The van der Waals surface area contributed by atoms with Crippen LogP contribution in [0.4, 0.5) is 0 Å². The van der Waals surface area contributed by atoms with E-state index in [1.807, 2.05) is 31.2 Å². The van der Waals surface area contributed by atoms with Gasteiger partial charge in [-0.1, -0.05) is 29.8 Å². The van der Waals surface area contributed by atoms with E-state index in [0.29, 0.717) is 0 Å². The highest BCUT2D eigenvalue weighted by molar-refractivity contribution is 5.51. The van der Waals surface area contributed by atoms with Crippen molar-refractivity contribution in [2.24, 2.45) is 0 Å². The van der Waals surface area contributed by atoms with Gasteiger partial charge in [-0.3, -0.25) is 0 Å². The minimum Gasteiger partial charge on any atom is -0.388 e. The van der Waals surface area contributed by atoms with Crippen LogP contribution in [-0.4, -0.2) is 11.4 Å². The number of carbonyl (C=O) groups is 1. The van der Waals surface area contributed by atoms with E-state index in [9.17, 15) is 9.90 Å². The normalized spacial score (nSPS) is 12.5. The van der Waals surface area contributed by atoms with E-state index in [2.05, 4.69) is 0 Å². The Bertz CT molecular complexity index is 268. The van der Waals surface area contributed by atoms with Crippen molar-refractivity contribution in [3.63, 3.8) is 0 Å². The Kier molecular flexibility index (Phi) is 3.00. The second-order valence-corrected chi connectivity index (χ2v) is 2.83. The first-order chi connectivity index (χ1) is 5.74. The second kappa shape index (κ2) is 4.02. The van der Waals surface area contributed by atoms with Gasteiger partial charge < -0.3 is 9.90 Å². The highest BCUT2D eigenvalue weighted by Gasteiger charge is 2.05. The summed E-state index contributed by atoms with van der Waals surface area (Å²) in [7, 11) is 0. The first-order valence-electron chi connectivity index (χ1n) is 3.92. The largest absolute Gasteiger partial charge is 0.388 e. The number of hydrogen-bond acceptors (Lipinski definition) is 2. The van der Waals surface area contributed by atoms with Gasteiger partial charge in [-0.2, -0.15) is 0 Å². The molecule has 0 radical (unpaired) electrons. The fraction of sp³-hybridized carbons (Fsp3) is 0.300. The molecule has 1 aromatic rings. The number of aliphatic hydroxyl groups excluding tert-OH is 1.